The van der Waals surface area contributed by atoms with E-state index in [4.69, 9.17) is 9.31 Å². The van der Waals surface area contributed by atoms with Gasteiger partial charge in [0.1, 0.15) is 5.82 Å². The minimum atomic E-state index is -3.53. The molecule has 1 aliphatic rings. The van der Waals surface area contributed by atoms with Gasteiger partial charge >= 0.3 is 7.12 Å². The summed E-state index contributed by atoms with van der Waals surface area (Å²) < 4.78 is 51.7. The van der Waals surface area contributed by atoms with Gasteiger partial charge < -0.3 is 9.31 Å². The van der Waals surface area contributed by atoms with Crippen molar-refractivity contribution >= 4 is 28.3 Å². The molecule has 1 saturated heterocycles. The molecular weight excluding hydrogens is 320 g/mol. The second kappa shape index (κ2) is 6.07. The predicted molar refractivity (Wildman–Crippen MR) is 89.8 cm³/mol. The van der Waals surface area contributed by atoms with Crippen LogP contribution in [-0.2, 0) is 19.3 Å². The van der Waals surface area contributed by atoms with Crippen LogP contribution in [0.3, 0.4) is 0 Å². The van der Waals surface area contributed by atoms with Crippen molar-refractivity contribution < 1.29 is 22.1 Å². The lowest BCUT2D eigenvalue weighted by Gasteiger charge is -2.32. The first kappa shape index (κ1) is 18.2. The quantitative estimate of drug-likeness (QED) is 0.833. The molecule has 1 aliphatic heterocycles. The van der Waals surface area contributed by atoms with Crippen LogP contribution in [0, 0.1) is 5.82 Å². The van der Waals surface area contributed by atoms with Crippen LogP contribution in [0.25, 0.3) is 0 Å². The Kier molecular flexibility index (Phi) is 4.81. The van der Waals surface area contributed by atoms with Crippen molar-refractivity contribution in [1.82, 2.24) is 0 Å². The number of benzene rings is 1. The van der Waals surface area contributed by atoms with Crippen molar-refractivity contribution in [1.29, 1.82) is 0 Å². The molecule has 1 N–H and O–H groups in total. The Hall–Kier alpha value is -1.12. The minimum Gasteiger partial charge on any atom is -0.399 e. The molecule has 0 aliphatic carbocycles. The summed E-state index contributed by atoms with van der Waals surface area (Å²) in [5.41, 5.74) is -0.594. The molecule has 8 heteroatoms. The van der Waals surface area contributed by atoms with Crippen LogP contribution < -0.4 is 10.2 Å². The van der Waals surface area contributed by atoms with Crippen molar-refractivity contribution in [2.24, 2.45) is 0 Å². The Balaban J connectivity index is 2.21. The van der Waals surface area contributed by atoms with Crippen molar-refractivity contribution in [3.05, 3.63) is 24.0 Å². The lowest BCUT2D eigenvalue weighted by Crippen LogP contribution is -2.41. The highest BCUT2D eigenvalue weighted by Crippen LogP contribution is 2.36. The van der Waals surface area contributed by atoms with E-state index in [1.54, 1.807) is 13.0 Å². The fourth-order valence-electron chi connectivity index (χ4n) is 2.23. The van der Waals surface area contributed by atoms with Gasteiger partial charge in [-0.05, 0) is 51.7 Å². The highest BCUT2D eigenvalue weighted by atomic mass is 32.2. The van der Waals surface area contributed by atoms with Gasteiger partial charge in [-0.3, -0.25) is 4.72 Å². The first-order valence-electron chi connectivity index (χ1n) is 7.63. The molecule has 1 heterocycles. The molecule has 0 aromatic heterocycles. The van der Waals surface area contributed by atoms with Gasteiger partial charge in [0.2, 0.25) is 10.0 Å². The number of sulfonamides is 1. The molecule has 2 rings (SSSR count). The van der Waals surface area contributed by atoms with E-state index in [-0.39, 0.29) is 11.4 Å². The lowest BCUT2D eigenvalue weighted by atomic mass is 9.79. The topological polar surface area (TPSA) is 64.6 Å². The van der Waals surface area contributed by atoms with Gasteiger partial charge in [0.25, 0.3) is 0 Å². The molecule has 1 aromatic rings. The summed E-state index contributed by atoms with van der Waals surface area (Å²) in [6, 6.07) is 4.24. The van der Waals surface area contributed by atoms with Gasteiger partial charge in [0, 0.05) is 0 Å². The maximum atomic E-state index is 14.2. The van der Waals surface area contributed by atoms with Gasteiger partial charge in [0.15, 0.2) is 0 Å². The third kappa shape index (κ3) is 3.87. The van der Waals surface area contributed by atoms with Gasteiger partial charge in [-0.2, -0.15) is 0 Å². The number of rotatable bonds is 5. The molecule has 0 saturated carbocycles. The molecule has 0 radical (unpaired) electrons. The van der Waals surface area contributed by atoms with Gasteiger partial charge in [-0.25, -0.2) is 12.8 Å². The third-order valence-corrected chi connectivity index (χ3v) is 5.73. The van der Waals surface area contributed by atoms with Crippen molar-refractivity contribution in [3.8, 4) is 0 Å². The first-order valence-corrected chi connectivity index (χ1v) is 9.28. The first-order chi connectivity index (χ1) is 10.5. The smallest absolute Gasteiger partial charge is 0.399 e. The molecule has 0 spiro atoms. The Morgan fingerprint density at radius 2 is 1.74 bits per heavy atom. The van der Waals surface area contributed by atoms with Gasteiger partial charge in [-0.1, -0.05) is 13.0 Å². The molecular formula is C15H23BFNO4S. The number of nitrogens with one attached hydrogen (secondary N) is 1. The number of hydrogen-bond acceptors (Lipinski definition) is 4. The summed E-state index contributed by atoms with van der Waals surface area (Å²) in [4.78, 5) is 0. The van der Waals surface area contributed by atoms with E-state index in [9.17, 15) is 12.8 Å². The Labute approximate surface area is 137 Å². The van der Waals surface area contributed by atoms with Gasteiger partial charge in [0.05, 0.1) is 22.6 Å². The van der Waals surface area contributed by atoms with Crippen molar-refractivity contribution in [2.75, 3.05) is 10.5 Å². The Morgan fingerprint density at radius 1 is 1.17 bits per heavy atom. The summed E-state index contributed by atoms with van der Waals surface area (Å²) in [6.45, 7) is 9.40. The van der Waals surface area contributed by atoms with Crippen LogP contribution in [-0.4, -0.2) is 32.5 Å². The highest BCUT2D eigenvalue weighted by molar-refractivity contribution is 7.92. The summed E-state index contributed by atoms with van der Waals surface area (Å²) in [5, 5.41) is 0. The highest BCUT2D eigenvalue weighted by Gasteiger charge is 2.51. The normalized spacial score (nSPS) is 19.8. The Bertz CT molecular complexity index is 675. The van der Waals surface area contributed by atoms with E-state index in [2.05, 4.69) is 4.72 Å². The maximum absolute atomic E-state index is 14.2. The van der Waals surface area contributed by atoms with Crippen molar-refractivity contribution in [3.63, 3.8) is 0 Å². The van der Waals surface area contributed by atoms with Gasteiger partial charge in [-0.15, -0.1) is 0 Å². The maximum Gasteiger partial charge on any atom is 0.494 e. The molecule has 128 valence electrons. The van der Waals surface area contributed by atoms with Crippen LogP contribution in [0.5, 0.6) is 0 Å². The van der Waals surface area contributed by atoms with Crippen LogP contribution in [0.2, 0.25) is 0 Å². The monoisotopic (exact) mass is 343 g/mol. The number of hydrogen-bond donors (Lipinski definition) is 1. The fraction of sp³-hybridized carbons (Fsp3) is 0.600. The zero-order valence-corrected chi connectivity index (χ0v) is 15.0. The molecule has 0 atom stereocenters. The zero-order chi connectivity index (χ0) is 17.5. The third-order valence-electron chi connectivity index (χ3n) is 4.26. The van der Waals surface area contributed by atoms with E-state index >= 15 is 0 Å². The standard InChI is InChI=1S/C15H23BFNO4S/c1-6-9-23(19,20)18-13-8-7-11(10-12(13)17)16-21-14(2,3)15(4,5)22-16/h7-8,10,18H,6,9H2,1-5H3. The summed E-state index contributed by atoms with van der Waals surface area (Å²) in [7, 11) is -4.21. The molecule has 1 aromatic carbocycles. The average Bonchev–Trinajstić information content (AvgIpc) is 2.60. The number of halogens is 1. The summed E-state index contributed by atoms with van der Waals surface area (Å²) in [5.74, 6) is -0.706. The Morgan fingerprint density at radius 3 is 2.22 bits per heavy atom. The second-order valence-corrected chi connectivity index (χ2v) is 8.59. The molecule has 0 bridgehead atoms. The average molecular weight is 343 g/mol. The SMILES string of the molecule is CCCS(=O)(=O)Nc1ccc(B2OC(C)(C)C(C)(C)O2)cc1F. The van der Waals surface area contributed by atoms with Crippen LogP contribution in [0.15, 0.2) is 18.2 Å². The summed E-state index contributed by atoms with van der Waals surface area (Å²) in [6.07, 6.45) is 0.461. The van der Waals surface area contributed by atoms with Crippen LogP contribution in [0.1, 0.15) is 41.0 Å². The zero-order valence-electron chi connectivity index (χ0n) is 14.1. The van der Waals surface area contributed by atoms with Crippen LogP contribution in [0.4, 0.5) is 10.1 Å². The molecule has 1 fully saturated rings. The van der Waals surface area contributed by atoms with E-state index in [1.807, 2.05) is 27.7 Å². The number of anilines is 1. The lowest BCUT2D eigenvalue weighted by molar-refractivity contribution is 0.00578. The molecule has 5 nitrogen and oxygen atoms in total. The largest absolute Gasteiger partial charge is 0.494 e. The van der Waals surface area contributed by atoms with Crippen LogP contribution >= 0.6 is 0 Å². The molecule has 0 amide bonds. The fourth-order valence-corrected chi connectivity index (χ4v) is 3.37. The van der Waals surface area contributed by atoms with E-state index in [0.29, 0.717) is 11.9 Å². The molecule has 23 heavy (non-hydrogen) atoms. The van der Waals surface area contributed by atoms with Crippen molar-refractivity contribution in [2.45, 2.75) is 52.2 Å². The van der Waals surface area contributed by atoms with E-state index in [1.165, 1.54) is 12.1 Å². The summed E-state index contributed by atoms with van der Waals surface area (Å²) >= 11 is 0. The van der Waals surface area contributed by atoms with E-state index in [0.717, 1.165) is 0 Å². The minimum absolute atomic E-state index is 0.0502. The second-order valence-electron chi connectivity index (χ2n) is 6.75. The molecule has 0 unspecified atom stereocenters. The predicted octanol–water partition coefficient (Wildman–Crippen LogP) is 2.28. The van der Waals surface area contributed by atoms with E-state index < -0.39 is 34.2 Å².